The zero-order valence-corrected chi connectivity index (χ0v) is 15.9. The van der Waals surface area contributed by atoms with E-state index in [-0.39, 0.29) is 10.6 Å². The van der Waals surface area contributed by atoms with E-state index in [0.717, 1.165) is 15.6 Å². The summed E-state index contributed by atoms with van der Waals surface area (Å²) in [7, 11) is -0.689. The van der Waals surface area contributed by atoms with Crippen LogP contribution in [0, 0.1) is 6.92 Å². The molecule has 1 amide bonds. The van der Waals surface area contributed by atoms with Crippen LogP contribution in [-0.2, 0) is 10.0 Å². The smallest absolute Gasteiger partial charge is 0.277 e. The summed E-state index contributed by atoms with van der Waals surface area (Å²) in [4.78, 5) is 12.5. The molecule has 1 N–H and O–H groups in total. The fraction of sp³-hybridized carbons (Fsp3) is 0.167. The molecule has 0 aliphatic heterocycles. The highest BCUT2D eigenvalue weighted by atomic mass is 32.2. The number of aryl methyl sites for hydroxylation is 1. The molecule has 1 aromatic heterocycles. The second kappa shape index (κ2) is 7.29. The Bertz CT molecular complexity index is 1070. The van der Waals surface area contributed by atoms with Crippen molar-refractivity contribution in [1.29, 1.82) is 0 Å². The molecular formula is C18H19N5O3S. The largest absolute Gasteiger partial charge is 0.321 e. The fourth-order valence-electron chi connectivity index (χ4n) is 2.33. The van der Waals surface area contributed by atoms with Crippen molar-refractivity contribution < 1.29 is 13.2 Å². The Balaban J connectivity index is 1.79. The van der Waals surface area contributed by atoms with Crippen LogP contribution in [-0.4, -0.2) is 47.7 Å². The van der Waals surface area contributed by atoms with Crippen molar-refractivity contribution in [2.45, 2.75) is 11.8 Å². The van der Waals surface area contributed by atoms with E-state index < -0.39 is 15.9 Å². The van der Waals surface area contributed by atoms with Crippen LogP contribution >= 0.6 is 0 Å². The number of rotatable bonds is 5. The van der Waals surface area contributed by atoms with Gasteiger partial charge >= 0.3 is 0 Å². The molecule has 0 bridgehead atoms. The maximum Gasteiger partial charge on any atom is 0.277 e. The maximum atomic E-state index is 12.4. The molecule has 0 spiro atoms. The van der Waals surface area contributed by atoms with Crippen molar-refractivity contribution in [1.82, 2.24) is 19.3 Å². The molecule has 1 heterocycles. The van der Waals surface area contributed by atoms with E-state index in [2.05, 4.69) is 15.6 Å². The van der Waals surface area contributed by atoms with Crippen molar-refractivity contribution in [2.24, 2.45) is 0 Å². The molecule has 3 aromatic rings. The molecule has 0 fully saturated rings. The Labute approximate surface area is 157 Å². The first-order valence-corrected chi connectivity index (χ1v) is 9.55. The van der Waals surface area contributed by atoms with E-state index in [1.54, 1.807) is 12.1 Å². The van der Waals surface area contributed by atoms with Crippen molar-refractivity contribution in [3.05, 3.63) is 66.0 Å². The van der Waals surface area contributed by atoms with Gasteiger partial charge in [0, 0.05) is 19.8 Å². The quantitative estimate of drug-likeness (QED) is 0.725. The molecule has 2 aromatic carbocycles. The molecule has 0 aliphatic carbocycles. The van der Waals surface area contributed by atoms with Gasteiger partial charge in [0.15, 0.2) is 5.69 Å². The van der Waals surface area contributed by atoms with Gasteiger partial charge in [-0.15, -0.1) is 5.10 Å². The van der Waals surface area contributed by atoms with Crippen molar-refractivity contribution in [2.75, 3.05) is 19.4 Å². The number of amides is 1. The molecule has 0 aliphatic rings. The van der Waals surface area contributed by atoms with Crippen LogP contribution in [0.15, 0.2) is 59.6 Å². The zero-order chi connectivity index (χ0) is 19.6. The number of anilines is 1. The summed E-state index contributed by atoms with van der Waals surface area (Å²) in [5.41, 5.74) is 2.37. The van der Waals surface area contributed by atoms with Crippen LogP contribution < -0.4 is 5.32 Å². The molecule has 0 atom stereocenters. The second-order valence-electron chi connectivity index (χ2n) is 6.15. The second-order valence-corrected chi connectivity index (χ2v) is 8.31. The van der Waals surface area contributed by atoms with Crippen molar-refractivity contribution in [3.63, 3.8) is 0 Å². The first kappa shape index (κ1) is 18.7. The van der Waals surface area contributed by atoms with E-state index >= 15 is 0 Å². The Morgan fingerprint density at radius 2 is 1.81 bits per heavy atom. The van der Waals surface area contributed by atoms with Gasteiger partial charge in [-0.25, -0.2) is 17.4 Å². The van der Waals surface area contributed by atoms with Gasteiger partial charge in [-0.3, -0.25) is 4.79 Å². The summed E-state index contributed by atoms with van der Waals surface area (Å²) in [5, 5.41) is 10.5. The Morgan fingerprint density at radius 1 is 1.11 bits per heavy atom. The molecular weight excluding hydrogens is 366 g/mol. The van der Waals surface area contributed by atoms with Gasteiger partial charge in [-0.1, -0.05) is 29.0 Å². The first-order valence-electron chi connectivity index (χ1n) is 8.11. The minimum Gasteiger partial charge on any atom is -0.321 e. The van der Waals surface area contributed by atoms with Gasteiger partial charge in [0.05, 0.1) is 16.8 Å². The summed E-state index contributed by atoms with van der Waals surface area (Å²) in [6.45, 7) is 1.98. The summed E-state index contributed by atoms with van der Waals surface area (Å²) in [6.07, 6.45) is 1.51. The predicted octanol–water partition coefficient (Wildman–Crippen LogP) is 2.08. The standard InChI is InChI=1S/C18H19N5O3S/c1-13-7-9-15(10-8-13)23-12-17(20-21-23)18(24)19-14-5-4-6-16(11-14)27(25,26)22(2)3/h4-12H,1-3H3,(H,19,24). The van der Waals surface area contributed by atoms with E-state index in [9.17, 15) is 13.2 Å². The molecule has 0 unspecified atom stereocenters. The topological polar surface area (TPSA) is 97.2 Å². The average Bonchev–Trinajstić information content (AvgIpc) is 3.12. The van der Waals surface area contributed by atoms with Gasteiger partial charge in [-0.2, -0.15) is 0 Å². The van der Waals surface area contributed by atoms with E-state index in [4.69, 9.17) is 0 Å². The predicted molar refractivity (Wildman–Crippen MR) is 101 cm³/mol. The number of benzene rings is 2. The number of aromatic nitrogens is 3. The third kappa shape index (κ3) is 4.04. The van der Waals surface area contributed by atoms with Gasteiger partial charge in [0.25, 0.3) is 5.91 Å². The van der Waals surface area contributed by atoms with Crippen LogP contribution in [0.4, 0.5) is 5.69 Å². The number of carbonyl (C=O) groups excluding carboxylic acids is 1. The van der Waals surface area contributed by atoms with Crippen LogP contribution in [0.25, 0.3) is 5.69 Å². The zero-order valence-electron chi connectivity index (χ0n) is 15.1. The Hall–Kier alpha value is -3.04. The first-order chi connectivity index (χ1) is 12.8. The van der Waals surface area contributed by atoms with Gasteiger partial charge in [0.2, 0.25) is 10.0 Å². The monoisotopic (exact) mass is 385 g/mol. The molecule has 0 radical (unpaired) electrons. The van der Waals surface area contributed by atoms with E-state index in [1.165, 1.54) is 37.1 Å². The average molecular weight is 385 g/mol. The lowest BCUT2D eigenvalue weighted by molar-refractivity contribution is 0.102. The molecule has 0 saturated carbocycles. The Kier molecular flexibility index (Phi) is 5.06. The lowest BCUT2D eigenvalue weighted by Crippen LogP contribution is -2.22. The lowest BCUT2D eigenvalue weighted by Gasteiger charge is -2.12. The number of carbonyl (C=O) groups is 1. The number of nitrogens with zero attached hydrogens (tertiary/aromatic N) is 4. The normalized spacial score (nSPS) is 11.6. The minimum atomic E-state index is -3.59. The van der Waals surface area contributed by atoms with E-state index in [0.29, 0.717) is 5.69 Å². The maximum absolute atomic E-state index is 12.4. The number of nitrogens with one attached hydrogen (secondary N) is 1. The third-order valence-electron chi connectivity index (χ3n) is 3.90. The fourth-order valence-corrected chi connectivity index (χ4v) is 3.28. The van der Waals surface area contributed by atoms with Crippen LogP contribution in [0.5, 0.6) is 0 Å². The summed E-state index contributed by atoms with van der Waals surface area (Å²) >= 11 is 0. The summed E-state index contributed by atoms with van der Waals surface area (Å²) in [5.74, 6) is -0.479. The highest BCUT2D eigenvalue weighted by molar-refractivity contribution is 7.89. The molecule has 0 saturated heterocycles. The lowest BCUT2D eigenvalue weighted by atomic mass is 10.2. The molecule has 27 heavy (non-hydrogen) atoms. The van der Waals surface area contributed by atoms with Gasteiger partial charge in [-0.05, 0) is 37.3 Å². The Morgan fingerprint density at radius 3 is 2.48 bits per heavy atom. The van der Waals surface area contributed by atoms with Crippen molar-refractivity contribution in [3.8, 4) is 5.69 Å². The van der Waals surface area contributed by atoms with Crippen LogP contribution in [0.1, 0.15) is 16.1 Å². The van der Waals surface area contributed by atoms with Gasteiger partial charge in [0.1, 0.15) is 0 Å². The minimum absolute atomic E-state index is 0.0913. The summed E-state index contributed by atoms with van der Waals surface area (Å²) in [6, 6.07) is 13.7. The molecule has 3 rings (SSSR count). The summed E-state index contributed by atoms with van der Waals surface area (Å²) < 4.78 is 27.0. The van der Waals surface area contributed by atoms with E-state index in [1.807, 2.05) is 31.2 Å². The highest BCUT2D eigenvalue weighted by Crippen LogP contribution is 2.18. The van der Waals surface area contributed by atoms with Crippen molar-refractivity contribution >= 4 is 21.6 Å². The molecule has 9 heteroatoms. The number of hydrogen-bond acceptors (Lipinski definition) is 5. The molecule has 8 nitrogen and oxygen atoms in total. The van der Waals surface area contributed by atoms with Gasteiger partial charge < -0.3 is 5.32 Å². The van der Waals surface area contributed by atoms with Crippen LogP contribution in [0.2, 0.25) is 0 Å². The number of hydrogen-bond donors (Lipinski definition) is 1. The van der Waals surface area contributed by atoms with Crippen LogP contribution in [0.3, 0.4) is 0 Å². The number of sulfonamides is 1. The third-order valence-corrected chi connectivity index (χ3v) is 5.71. The molecule has 140 valence electrons. The highest BCUT2D eigenvalue weighted by Gasteiger charge is 2.18. The SMILES string of the molecule is Cc1ccc(-n2cc(C(=O)Nc3cccc(S(=O)(=O)N(C)C)c3)nn2)cc1.